The number of carbonyl (C=O) groups is 2. The molecule has 0 heterocycles. The fourth-order valence-corrected chi connectivity index (χ4v) is 1.45. The van der Waals surface area contributed by atoms with Crippen LogP contribution in [-0.4, -0.2) is 53.6 Å². The third kappa shape index (κ3) is 3.11. The van der Waals surface area contributed by atoms with Crippen LogP contribution in [-0.2, 0) is 4.79 Å². The Bertz CT molecular complexity index is 263. The molecule has 0 spiro atoms. The smallest absolute Gasteiger partial charge is 0.319 e. The molecule has 1 rings (SSSR count). The minimum atomic E-state index is -0.872. The molecule has 0 aliphatic heterocycles. The maximum absolute atomic E-state index is 11.7. The van der Waals surface area contributed by atoms with Crippen LogP contribution in [0.15, 0.2) is 0 Å². The monoisotopic (exact) mass is 214 g/mol. The molecule has 0 aromatic heterocycles. The molecule has 5 heteroatoms. The third-order valence-corrected chi connectivity index (χ3v) is 2.69. The molecule has 1 aliphatic rings. The van der Waals surface area contributed by atoms with Gasteiger partial charge in [-0.25, -0.2) is 4.79 Å². The SMILES string of the molecule is CC(CN(C)C(=O)N(C)C1CC1)C(=O)O. The van der Waals surface area contributed by atoms with Gasteiger partial charge >= 0.3 is 12.0 Å². The van der Waals surface area contributed by atoms with Crippen LogP contribution in [0.1, 0.15) is 19.8 Å². The van der Waals surface area contributed by atoms with E-state index in [0.717, 1.165) is 12.8 Å². The Hall–Kier alpha value is -1.26. The van der Waals surface area contributed by atoms with E-state index in [1.165, 1.54) is 4.90 Å². The number of carboxylic acids is 1. The number of hydrogen-bond donors (Lipinski definition) is 1. The molecular formula is C10H18N2O3. The number of urea groups is 1. The van der Waals surface area contributed by atoms with Gasteiger partial charge in [-0.3, -0.25) is 4.79 Å². The first-order valence-electron chi connectivity index (χ1n) is 5.14. The summed E-state index contributed by atoms with van der Waals surface area (Å²) in [6.07, 6.45) is 2.12. The van der Waals surface area contributed by atoms with Gasteiger partial charge in [0.15, 0.2) is 0 Å². The topological polar surface area (TPSA) is 60.9 Å². The molecule has 0 radical (unpaired) electrons. The highest BCUT2D eigenvalue weighted by Crippen LogP contribution is 2.26. The quantitative estimate of drug-likeness (QED) is 0.754. The van der Waals surface area contributed by atoms with Gasteiger partial charge in [-0.2, -0.15) is 0 Å². The summed E-state index contributed by atoms with van der Waals surface area (Å²) < 4.78 is 0. The number of nitrogens with zero attached hydrogens (tertiary/aromatic N) is 2. The van der Waals surface area contributed by atoms with Gasteiger partial charge in [0.1, 0.15) is 0 Å². The highest BCUT2D eigenvalue weighted by atomic mass is 16.4. The Morgan fingerprint density at radius 2 is 1.93 bits per heavy atom. The second-order valence-electron chi connectivity index (χ2n) is 4.24. The summed E-state index contributed by atoms with van der Waals surface area (Å²) in [7, 11) is 3.41. The summed E-state index contributed by atoms with van der Waals surface area (Å²) in [5.41, 5.74) is 0. The average Bonchev–Trinajstić information content (AvgIpc) is 2.98. The summed E-state index contributed by atoms with van der Waals surface area (Å²) in [5, 5.41) is 8.72. The van der Waals surface area contributed by atoms with Crippen LogP contribution in [0.4, 0.5) is 4.79 Å². The van der Waals surface area contributed by atoms with Gasteiger partial charge in [-0.05, 0) is 12.8 Å². The van der Waals surface area contributed by atoms with Crippen molar-refractivity contribution in [2.45, 2.75) is 25.8 Å². The van der Waals surface area contributed by atoms with Gasteiger partial charge in [-0.1, -0.05) is 6.92 Å². The number of aliphatic carboxylic acids is 1. The Kier molecular flexibility index (Phi) is 3.55. The van der Waals surface area contributed by atoms with Crippen LogP contribution >= 0.6 is 0 Å². The number of hydrogen-bond acceptors (Lipinski definition) is 2. The predicted octanol–water partition coefficient (Wildman–Crippen LogP) is 0.853. The summed E-state index contributed by atoms with van der Waals surface area (Å²) in [5.74, 6) is -1.39. The zero-order chi connectivity index (χ0) is 11.6. The van der Waals surface area contributed by atoms with Crippen molar-refractivity contribution in [3.63, 3.8) is 0 Å². The molecule has 2 amide bonds. The number of carboxylic acid groups (broad SMARTS) is 1. The van der Waals surface area contributed by atoms with E-state index < -0.39 is 11.9 Å². The number of carbonyl (C=O) groups excluding carboxylic acids is 1. The van der Waals surface area contributed by atoms with Crippen molar-refractivity contribution < 1.29 is 14.7 Å². The Labute approximate surface area is 89.7 Å². The first-order valence-corrected chi connectivity index (χ1v) is 5.14. The van der Waals surface area contributed by atoms with Gasteiger partial charge in [0.2, 0.25) is 0 Å². The number of rotatable bonds is 4. The van der Waals surface area contributed by atoms with E-state index in [0.29, 0.717) is 6.04 Å². The molecule has 15 heavy (non-hydrogen) atoms. The van der Waals surface area contributed by atoms with E-state index in [-0.39, 0.29) is 12.6 Å². The van der Waals surface area contributed by atoms with E-state index in [9.17, 15) is 9.59 Å². The van der Waals surface area contributed by atoms with Crippen molar-refractivity contribution in [1.82, 2.24) is 9.80 Å². The molecule has 0 bridgehead atoms. The lowest BCUT2D eigenvalue weighted by molar-refractivity contribution is -0.141. The molecule has 0 aromatic carbocycles. The fraction of sp³-hybridized carbons (Fsp3) is 0.800. The lowest BCUT2D eigenvalue weighted by atomic mass is 10.2. The van der Waals surface area contributed by atoms with Crippen molar-refractivity contribution in [3.8, 4) is 0 Å². The predicted molar refractivity (Wildman–Crippen MR) is 55.6 cm³/mol. The van der Waals surface area contributed by atoms with Crippen molar-refractivity contribution in [2.75, 3.05) is 20.6 Å². The van der Waals surface area contributed by atoms with Gasteiger partial charge in [0.25, 0.3) is 0 Å². The van der Waals surface area contributed by atoms with Crippen LogP contribution in [0, 0.1) is 5.92 Å². The van der Waals surface area contributed by atoms with E-state index in [2.05, 4.69) is 0 Å². The maximum atomic E-state index is 11.7. The highest BCUT2D eigenvalue weighted by molar-refractivity contribution is 5.76. The molecule has 1 unspecified atom stereocenters. The second-order valence-corrected chi connectivity index (χ2v) is 4.24. The largest absolute Gasteiger partial charge is 0.481 e. The molecule has 1 saturated carbocycles. The number of amides is 2. The normalized spacial score (nSPS) is 17.0. The first kappa shape index (κ1) is 11.8. The summed E-state index contributed by atoms with van der Waals surface area (Å²) in [6.45, 7) is 1.86. The molecule has 1 fully saturated rings. The molecule has 1 N–H and O–H groups in total. The Balaban J connectivity index is 2.41. The van der Waals surface area contributed by atoms with Crippen LogP contribution < -0.4 is 0 Å². The van der Waals surface area contributed by atoms with Gasteiger partial charge < -0.3 is 14.9 Å². The van der Waals surface area contributed by atoms with Crippen LogP contribution in [0.5, 0.6) is 0 Å². The van der Waals surface area contributed by atoms with E-state index in [1.807, 2.05) is 0 Å². The minimum absolute atomic E-state index is 0.0920. The summed E-state index contributed by atoms with van der Waals surface area (Å²) >= 11 is 0. The van der Waals surface area contributed by atoms with Crippen LogP contribution in [0.3, 0.4) is 0 Å². The second kappa shape index (κ2) is 4.51. The molecular weight excluding hydrogens is 196 g/mol. The molecule has 5 nitrogen and oxygen atoms in total. The highest BCUT2D eigenvalue weighted by Gasteiger charge is 2.31. The lowest BCUT2D eigenvalue weighted by Gasteiger charge is -2.25. The van der Waals surface area contributed by atoms with E-state index >= 15 is 0 Å². The fourth-order valence-electron chi connectivity index (χ4n) is 1.45. The average molecular weight is 214 g/mol. The van der Waals surface area contributed by atoms with E-state index in [4.69, 9.17) is 5.11 Å². The zero-order valence-electron chi connectivity index (χ0n) is 9.43. The molecule has 86 valence electrons. The van der Waals surface area contributed by atoms with Crippen LogP contribution in [0.25, 0.3) is 0 Å². The maximum Gasteiger partial charge on any atom is 0.319 e. The zero-order valence-corrected chi connectivity index (χ0v) is 9.43. The molecule has 1 aliphatic carbocycles. The molecule has 0 saturated heterocycles. The molecule has 0 aromatic rings. The summed E-state index contributed by atoms with van der Waals surface area (Å²) in [6, 6.07) is 0.269. The van der Waals surface area contributed by atoms with Gasteiger partial charge in [0.05, 0.1) is 5.92 Å². The van der Waals surface area contributed by atoms with Crippen molar-refractivity contribution in [2.24, 2.45) is 5.92 Å². The Morgan fingerprint density at radius 3 is 2.33 bits per heavy atom. The first-order chi connectivity index (χ1) is 6.93. The van der Waals surface area contributed by atoms with E-state index in [1.54, 1.807) is 25.9 Å². The van der Waals surface area contributed by atoms with Crippen LogP contribution in [0.2, 0.25) is 0 Å². The standard InChI is InChI=1S/C10H18N2O3/c1-7(9(13)14)6-11(2)10(15)12(3)8-4-5-8/h7-8H,4-6H2,1-3H3,(H,13,14). The minimum Gasteiger partial charge on any atom is -0.481 e. The van der Waals surface area contributed by atoms with Gasteiger partial charge in [-0.15, -0.1) is 0 Å². The Morgan fingerprint density at radius 1 is 1.40 bits per heavy atom. The third-order valence-electron chi connectivity index (χ3n) is 2.69. The van der Waals surface area contributed by atoms with Crippen molar-refractivity contribution in [3.05, 3.63) is 0 Å². The molecule has 1 atom stereocenters. The lowest BCUT2D eigenvalue weighted by Crippen LogP contribution is -2.42. The van der Waals surface area contributed by atoms with Crippen molar-refractivity contribution in [1.29, 1.82) is 0 Å². The van der Waals surface area contributed by atoms with Gasteiger partial charge in [0, 0.05) is 26.7 Å². The summed E-state index contributed by atoms with van der Waals surface area (Å²) in [4.78, 5) is 25.5. The van der Waals surface area contributed by atoms with Crippen molar-refractivity contribution >= 4 is 12.0 Å².